The fourth-order valence-corrected chi connectivity index (χ4v) is 2.43. The minimum atomic E-state index is -0.871. The van der Waals surface area contributed by atoms with Gasteiger partial charge in [0.05, 0.1) is 11.9 Å². The van der Waals surface area contributed by atoms with Gasteiger partial charge >= 0.3 is 0 Å². The third-order valence-corrected chi connectivity index (χ3v) is 3.58. The smallest absolute Gasteiger partial charge is 0.154 e. The molecule has 120 valence electrons. The van der Waals surface area contributed by atoms with E-state index in [1.54, 1.807) is 6.20 Å². The lowest BCUT2D eigenvalue weighted by molar-refractivity contribution is 0.216. The lowest BCUT2D eigenvalue weighted by Crippen LogP contribution is -2.10. The first-order chi connectivity index (χ1) is 11.6. The van der Waals surface area contributed by atoms with Crippen molar-refractivity contribution >= 4 is 5.82 Å². The van der Waals surface area contributed by atoms with Crippen LogP contribution in [-0.4, -0.2) is 15.1 Å². The Morgan fingerprint density at radius 3 is 2.29 bits per heavy atom. The van der Waals surface area contributed by atoms with Crippen LogP contribution in [0.5, 0.6) is 0 Å². The molecule has 0 saturated carbocycles. The summed E-state index contributed by atoms with van der Waals surface area (Å²) in [6.07, 6.45) is 0.825. The summed E-state index contributed by atoms with van der Waals surface area (Å²) in [7, 11) is 0. The maximum Gasteiger partial charge on any atom is 0.154 e. The van der Waals surface area contributed by atoms with Gasteiger partial charge in [0, 0.05) is 11.3 Å². The first kappa shape index (κ1) is 15.9. The summed E-state index contributed by atoms with van der Waals surface area (Å²) in [4.78, 5) is 9.10. The van der Waals surface area contributed by atoms with Gasteiger partial charge in [0.1, 0.15) is 11.8 Å². The second-order valence-corrected chi connectivity index (χ2v) is 5.57. The molecule has 2 N–H and O–H groups in total. The maximum atomic E-state index is 10.8. The molecular formula is C20H19N3O. The van der Waals surface area contributed by atoms with Crippen LogP contribution in [-0.2, 0) is 0 Å². The van der Waals surface area contributed by atoms with Crippen LogP contribution < -0.4 is 5.32 Å². The number of benzene rings is 2. The SMILES string of the molecule is C=C(C)Nc1ncc(-c2ccccc2)nc1C(O)c1ccccc1. The molecule has 1 heterocycles. The van der Waals surface area contributed by atoms with Gasteiger partial charge in [-0.25, -0.2) is 9.97 Å². The van der Waals surface area contributed by atoms with E-state index in [4.69, 9.17) is 0 Å². The number of aliphatic hydroxyl groups excluding tert-OH is 1. The number of nitrogens with zero attached hydrogens (tertiary/aromatic N) is 2. The Kier molecular flexibility index (Phi) is 4.68. The summed E-state index contributed by atoms with van der Waals surface area (Å²) >= 11 is 0. The number of rotatable bonds is 5. The molecule has 0 amide bonds. The van der Waals surface area contributed by atoms with Gasteiger partial charge < -0.3 is 10.4 Å². The number of aromatic nitrogens is 2. The standard InChI is InChI=1S/C20H19N3O/c1-14(2)22-20-18(19(24)16-11-7-4-8-12-16)23-17(13-21-20)15-9-5-3-6-10-15/h3-13,19,24H,1H2,2H3,(H,21,22). The normalized spacial score (nSPS) is 11.8. The van der Waals surface area contributed by atoms with Crippen LogP contribution in [0.3, 0.4) is 0 Å². The number of anilines is 1. The van der Waals surface area contributed by atoms with Gasteiger partial charge in [0.15, 0.2) is 5.82 Å². The van der Waals surface area contributed by atoms with Crippen LogP contribution >= 0.6 is 0 Å². The van der Waals surface area contributed by atoms with Crippen molar-refractivity contribution in [2.45, 2.75) is 13.0 Å². The highest BCUT2D eigenvalue weighted by atomic mass is 16.3. The largest absolute Gasteiger partial charge is 0.382 e. The predicted octanol–water partition coefficient (Wildman–Crippen LogP) is 4.17. The average Bonchev–Trinajstić information content (AvgIpc) is 2.62. The van der Waals surface area contributed by atoms with Gasteiger partial charge in [-0.15, -0.1) is 0 Å². The van der Waals surface area contributed by atoms with Gasteiger partial charge in [-0.3, -0.25) is 0 Å². The van der Waals surface area contributed by atoms with E-state index in [0.717, 1.165) is 16.8 Å². The van der Waals surface area contributed by atoms with E-state index in [0.29, 0.717) is 17.2 Å². The quantitative estimate of drug-likeness (QED) is 0.741. The number of allylic oxidation sites excluding steroid dienone is 1. The molecule has 2 aromatic carbocycles. The highest BCUT2D eigenvalue weighted by Crippen LogP contribution is 2.28. The van der Waals surface area contributed by atoms with Crippen LogP contribution in [0.2, 0.25) is 0 Å². The molecule has 4 nitrogen and oxygen atoms in total. The average molecular weight is 317 g/mol. The highest BCUT2D eigenvalue weighted by molar-refractivity contribution is 5.61. The number of aliphatic hydroxyl groups is 1. The van der Waals surface area contributed by atoms with Crippen LogP contribution in [0.25, 0.3) is 11.3 Å². The molecule has 0 bridgehead atoms. The topological polar surface area (TPSA) is 58.0 Å². The Balaban J connectivity index is 2.07. The van der Waals surface area contributed by atoms with Gasteiger partial charge in [-0.2, -0.15) is 0 Å². The Morgan fingerprint density at radius 1 is 1.04 bits per heavy atom. The number of hydrogen-bond donors (Lipinski definition) is 2. The van der Waals surface area contributed by atoms with Gasteiger partial charge in [0.25, 0.3) is 0 Å². The van der Waals surface area contributed by atoms with Crippen LogP contribution in [0.1, 0.15) is 24.3 Å². The summed E-state index contributed by atoms with van der Waals surface area (Å²) in [5.74, 6) is 0.513. The zero-order chi connectivity index (χ0) is 16.9. The molecule has 0 aliphatic heterocycles. The Bertz CT molecular complexity index is 832. The first-order valence-electron chi connectivity index (χ1n) is 7.73. The minimum Gasteiger partial charge on any atom is -0.382 e. The van der Waals surface area contributed by atoms with Crippen molar-refractivity contribution in [1.82, 2.24) is 9.97 Å². The van der Waals surface area contributed by atoms with E-state index < -0.39 is 6.10 Å². The molecule has 0 aliphatic rings. The number of nitrogens with one attached hydrogen (secondary N) is 1. The van der Waals surface area contributed by atoms with Gasteiger partial charge in [-0.1, -0.05) is 67.2 Å². The molecule has 3 rings (SSSR count). The van der Waals surface area contributed by atoms with Crippen molar-refractivity contribution in [2.75, 3.05) is 5.32 Å². The summed E-state index contributed by atoms with van der Waals surface area (Å²) in [6.45, 7) is 5.68. The third kappa shape index (κ3) is 3.50. The van der Waals surface area contributed by atoms with E-state index in [2.05, 4.69) is 21.9 Å². The van der Waals surface area contributed by atoms with Crippen molar-refractivity contribution in [3.05, 3.63) is 90.4 Å². The number of hydrogen-bond acceptors (Lipinski definition) is 4. The molecule has 3 aromatic rings. The van der Waals surface area contributed by atoms with Crippen LogP contribution in [0.15, 0.2) is 79.1 Å². The predicted molar refractivity (Wildman–Crippen MR) is 96.4 cm³/mol. The van der Waals surface area contributed by atoms with Crippen molar-refractivity contribution in [1.29, 1.82) is 0 Å². The fourth-order valence-electron chi connectivity index (χ4n) is 2.43. The summed E-state index contributed by atoms with van der Waals surface area (Å²) in [6, 6.07) is 19.2. The van der Waals surface area contributed by atoms with Crippen LogP contribution in [0.4, 0.5) is 5.82 Å². The molecule has 1 aromatic heterocycles. The third-order valence-electron chi connectivity index (χ3n) is 3.58. The molecule has 24 heavy (non-hydrogen) atoms. The molecule has 4 heteroatoms. The van der Waals surface area contributed by atoms with Crippen molar-refractivity contribution in [2.24, 2.45) is 0 Å². The fraction of sp³-hybridized carbons (Fsp3) is 0.100. The summed E-state index contributed by atoms with van der Waals surface area (Å²) < 4.78 is 0. The molecule has 1 unspecified atom stereocenters. The van der Waals surface area contributed by atoms with E-state index in [1.165, 1.54) is 0 Å². The first-order valence-corrected chi connectivity index (χ1v) is 7.73. The van der Waals surface area contributed by atoms with E-state index in [-0.39, 0.29) is 0 Å². The van der Waals surface area contributed by atoms with E-state index in [1.807, 2.05) is 67.6 Å². The highest BCUT2D eigenvalue weighted by Gasteiger charge is 2.19. The summed E-state index contributed by atoms with van der Waals surface area (Å²) in [5, 5.41) is 13.9. The summed E-state index contributed by atoms with van der Waals surface area (Å²) in [5.41, 5.74) is 3.65. The molecular weight excluding hydrogens is 298 g/mol. The lowest BCUT2D eigenvalue weighted by atomic mass is 10.1. The zero-order valence-corrected chi connectivity index (χ0v) is 13.5. The second-order valence-electron chi connectivity index (χ2n) is 5.57. The Hall–Kier alpha value is -2.98. The van der Waals surface area contributed by atoms with Gasteiger partial charge in [0.2, 0.25) is 0 Å². The van der Waals surface area contributed by atoms with E-state index in [9.17, 15) is 5.11 Å². The lowest BCUT2D eigenvalue weighted by Gasteiger charge is -2.16. The molecule has 0 fully saturated rings. The van der Waals surface area contributed by atoms with Gasteiger partial charge in [-0.05, 0) is 12.5 Å². The van der Waals surface area contributed by atoms with Crippen molar-refractivity contribution in [3.63, 3.8) is 0 Å². The molecule has 0 radical (unpaired) electrons. The zero-order valence-electron chi connectivity index (χ0n) is 13.5. The van der Waals surface area contributed by atoms with Crippen LogP contribution in [0, 0.1) is 0 Å². The van der Waals surface area contributed by atoms with Crippen molar-refractivity contribution < 1.29 is 5.11 Å². The molecule has 1 atom stereocenters. The second kappa shape index (κ2) is 7.06. The molecule has 0 saturated heterocycles. The monoisotopic (exact) mass is 317 g/mol. The maximum absolute atomic E-state index is 10.8. The molecule has 0 spiro atoms. The Morgan fingerprint density at radius 2 is 1.67 bits per heavy atom. The molecule has 0 aliphatic carbocycles. The Labute approximate surface area is 141 Å². The van der Waals surface area contributed by atoms with E-state index >= 15 is 0 Å². The van der Waals surface area contributed by atoms with Crippen molar-refractivity contribution in [3.8, 4) is 11.3 Å². The minimum absolute atomic E-state index is 0.477.